The van der Waals surface area contributed by atoms with Crippen molar-refractivity contribution in [2.45, 2.75) is 20.1 Å². The molecule has 1 N–H and O–H groups in total. The van der Waals surface area contributed by atoms with E-state index in [0.717, 1.165) is 11.1 Å². The standard InChI is InChI=1S/C22H19Cl2NOS/c1-15-6-2-3-7-17(15)13-25-22(27)16-8-4-9-18(12-16)26-14-19-20(23)10-5-11-21(19)24/h2-12H,13-14H2,1H3,(H,25,27). The Morgan fingerprint density at radius 1 is 0.963 bits per heavy atom. The van der Waals surface area contributed by atoms with Crippen LogP contribution in [0.1, 0.15) is 22.3 Å². The molecule has 0 bridgehead atoms. The van der Waals surface area contributed by atoms with E-state index in [1.54, 1.807) is 12.1 Å². The number of ether oxygens (including phenoxy) is 1. The summed E-state index contributed by atoms with van der Waals surface area (Å²) in [5.41, 5.74) is 4.13. The largest absolute Gasteiger partial charge is 0.489 e. The van der Waals surface area contributed by atoms with E-state index in [1.165, 1.54) is 11.1 Å². The van der Waals surface area contributed by atoms with Crippen LogP contribution in [0.3, 0.4) is 0 Å². The molecule has 0 saturated carbocycles. The van der Waals surface area contributed by atoms with Crippen molar-refractivity contribution in [3.05, 3.63) is 99.0 Å². The van der Waals surface area contributed by atoms with Crippen molar-refractivity contribution in [1.82, 2.24) is 5.32 Å². The van der Waals surface area contributed by atoms with Gasteiger partial charge in [-0.1, -0.05) is 77.9 Å². The SMILES string of the molecule is Cc1ccccc1CNC(=S)c1cccc(OCc2c(Cl)cccc2Cl)c1. The first-order valence-electron chi connectivity index (χ1n) is 8.53. The highest BCUT2D eigenvalue weighted by molar-refractivity contribution is 7.80. The Hall–Kier alpha value is -2.07. The minimum absolute atomic E-state index is 0.297. The fourth-order valence-electron chi connectivity index (χ4n) is 2.64. The zero-order valence-electron chi connectivity index (χ0n) is 14.8. The first-order chi connectivity index (χ1) is 13.0. The average molecular weight is 416 g/mol. The number of nitrogens with one attached hydrogen (secondary N) is 1. The number of hydrogen-bond acceptors (Lipinski definition) is 2. The van der Waals surface area contributed by atoms with Crippen LogP contribution in [-0.2, 0) is 13.2 Å². The molecule has 0 heterocycles. The maximum Gasteiger partial charge on any atom is 0.120 e. The van der Waals surface area contributed by atoms with Crippen molar-refractivity contribution in [1.29, 1.82) is 0 Å². The van der Waals surface area contributed by atoms with Crippen molar-refractivity contribution in [3.63, 3.8) is 0 Å². The summed E-state index contributed by atoms with van der Waals surface area (Å²) in [5.74, 6) is 0.712. The number of rotatable bonds is 6. The maximum absolute atomic E-state index is 6.19. The predicted octanol–water partition coefficient (Wildman–Crippen LogP) is 6.35. The first kappa shape index (κ1) is 19.7. The van der Waals surface area contributed by atoms with Gasteiger partial charge in [-0.05, 0) is 42.3 Å². The van der Waals surface area contributed by atoms with E-state index in [-0.39, 0.29) is 0 Å². The van der Waals surface area contributed by atoms with E-state index in [1.807, 2.05) is 42.5 Å². The fourth-order valence-corrected chi connectivity index (χ4v) is 3.34. The monoisotopic (exact) mass is 415 g/mol. The van der Waals surface area contributed by atoms with Gasteiger partial charge in [0.25, 0.3) is 0 Å². The molecule has 5 heteroatoms. The lowest BCUT2D eigenvalue weighted by Crippen LogP contribution is -2.22. The smallest absolute Gasteiger partial charge is 0.120 e. The van der Waals surface area contributed by atoms with E-state index in [0.29, 0.717) is 33.9 Å². The van der Waals surface area contributed by atoms with Crippen LogP contribution in [-0.4, -0.2) is 4.99 Å². The van der Waals surface area contributed by atoms with Crippen LogP contribution < -0.4 is 10.1 Å². The molecule has 3 aromatic carbocycles. The second-order valence-corrected chi connectivity index (χ2v) is 7.35. The molecule has 0 atom stereocenters. The van der Waals surface area contributed by atoms with Gasteiger partial charge in [0.15, 0.2) is 0 Å². The van der Waals surface area contributed by atoms with Crippen LogP contribution in [0.15, 0.2) is 66.7 Å². The fraction of sp³-hybridized carbons (Fsp3) is 0.136. The second-order valence-electron chi connectivity index (χ2n) is 6.13. The van der Waals surface area contributed by atoms with Crippen LogP contribution >= 0.6 is 35.4 Å². The Kier molecular flexibility index (Phi) is 6.73. The van der Waals surface area contributed by atoms with Crippen LogP contribution in [0.25, 0.3) is 0 Å². The van der Waals surface area contributed by atoms with E-state index in [4.69, 9.17) is 40.2 Å². The number of aryl methyl sites for hydroxylation is 1. The Balaban J connectivity index is 1.64. The van der Waals surface area contributed by atoms with E-state index in [9.17, 15) is 0 Å². The molecule has 0 radical (unpaired) electrons. The lowest BCUT2D eigenvalue weighted by molar-refractivity contribution is 0.306. The molecule has 3 rings (SSSR count). The molecular formula is C22H19Cl2NOS. The first-order valence-corrected chi connectivity index (χ1v) is 9.69. The molecule has 0 aromatic heterocycles. The molecule has 0 aliphatic rings. The van der Waals surface area contributed by atoms with Gasteiger partial charge in [-0.15, -0.1) is 0 Å². The van der Waals surface area contributed by atoms with Gasteiger partial charge in [0, 0.05) is 27.7 Å². The van der Waals surface area contributed by atoms with E-state index >= 15 is 0 Å². The summed E-state index contributed by atoms with van der Waals surface area (Å²) >= 11 is 17.9. The molecule has 0 saturated heterocycles. The van der Waals surface area contributed by atoms with Crippen LogP contribution in [0.5, 0.6) is 5.75 Å². The molecular weight excluding hydrogens is 397 g/mol. The number of halogens is 2. The summed E-state index contributed by atoms with van der Waals surface area (Å²) in [6.07, 6.45) is 0. The van der Waals surface area contributed by atoms with Gasteiger partial charge >= 0.3 is 0 Å². The molecule has 27 heavy (non-hydrogen) atoms. The normalized spacial score (nSPS) is 10.5. The van der Waals surface area contributed by atoms with Gasteiger partial charge in [-0.25, -0.2) is 0 Å². The summed E-state index contributed by atoms with van der Waals surface area (Å²) < 4.78 is 5.87. The molecule has 0 unspecified atom stereocenters. The highest BCUT2D eigenvalue weighted by Crippen LogP contribution is 2.26. The highest BCUT2D eigenvalue weighted by atomic mass is 35.5. The van der Waals surface area contributed by atoms with Crippen molar-refractivity contribution >= 4 is 40.4 Å². The molecule has 3 aromatic rings. The minimum Gasteiger partial charge on any atom is -0.489 e. The quantitative estimate of drug-likeness (QED) is 0.474. The van der Waals surface area contributed by atoms with Crippen molar-refractivity contribution in [3.8, 4) is 5.75 Å². The highest BCUT2D eigenvalue weighted by Gasteiger charge is 2.08. The summed E-state index contributed by atoms with van der Waals surface area (Å²) in [5, 5.41) is 4.49. The Labute approximate surface area is 175 Å². The third-order valence-corrected chi connectivity index (χ3v) is 5.33. The van der Waals surface area contributed by atoms with Crippen molar-refractivity contribution in [2.75, 3.05) is 0 Å². The third kappa shape index (κ3) is 5.23. The van der Waals surface area contributed by atoms with Crippen molar-refractivity contribution in [2.24, 2.45) is 0 Å². The lowest BCUT2D eigenvalue weighted by atomic mass is 10.1. The number of hydrogen-bond donors (Lipinski definition) is 1. The van der Waals surface area contributed by atoms with Crippen LogP contribution in [0.2, 0.25) is 10.0 Å². The molecule has 0 aliphatic carbocycles. The summed E-state index contributed by atoms with van der Waals surface area (Å²) in [4.78, 5) is 0.680. The van der Waals surface area contributed by atoms with E-state index < -0.39 is 0 Å². The molecule has 0 aliphatic heterocycles. The zero-order valence-corrected chi connectivity index (χ0v) is 17.2. The van der Waals surface area contributed by atoms with Crippen molar-refractivity contribution < 1.29 is 4.74 Å². The number of benzene rings is 3. The average Bonchev–Trinajstić information content (AvgIpc) is 2.67. The second kappa shape index (κ2) is 9.23. The van der Waals surface area contributed by atoms with Gasteiger partial charge in [0.2, 0.25) is 0 Å². The minimum atomic E-state index is 0.297. The predicted molar refractivity (Wildman–Crippen MR) is 117 cm³/mol. The van der Waals surface area contributed by atoms with Crippen LogP contribution in [0, 0.1) is 6.92 Å². The Morgan fingerprint density at radius 2 is 1.67 bits per heavy atom. The van der Waals surface area contributed by atoms with Gasteiger partial charge in [0.1, 0.15) is 17.3 Å². The Morgan fingerprint density at radius 3 is 2.41 bits per heavy atom. The summed E-state index contributed by atoms with van der Waals surface area (Å²) in [6.45, 7) is 3.07. The molecule has 0 spiro atoms. The lowest BCUT2D eigenvalue weighted by Gasteiger charge is -2.13. The topological polar surface area (TPSA) is 21.3 Å². The van der Waals surface area contributed by atoms with Gasteiger partial charge < -0.3 is 10.1 Å². The van der Waals surface area contributed by atoms with Gasteiger partial charge in [-0.3, -0.25) is 0 Å². The molecule has 2 nitrogen and oxygen atoms in total. The molecule has 0 fully saturated rings. The third-order valence-electron chi connectivity index (χ3n) is 4.24. The number of thiocarbonyl (C=S) groups is 1. The maximum atomic E-state index is 6.19. The summed E-state index contributed by atoms with van der Waals surface area (Å²) in [6, 6.07) is 21.3. The van der Waals surface area contributed by atoms with Gasteiger partial charge in [-0.2, -0.15) is 0 Å². The van der Waals surface area contributed by atoms with Gasteiger partial charge in [0.05, 0.1) is 0 Å². The Bertz CT molecular complexity index is 938. The van der Waals surface area contributed by atoms with Crippen LogP contribution in [0.4, 0.5) is 0 Å². The van der Waals surface area contributed by atoms with E-state index in [2.05, 4.69) is 24.4 Å². The zero-order chi connectivity index (χ0) is 19.2. The molecule has 138 valence electrons. The summed E-state index contributed by atoms with van der Waals surface area (Å²) in [7, 11) is 0. The molecule has 0 amide bonds.